The number of aliphatic hydroxyl groups is 1. The lowest BCUT2D eigenvalue weighted by Crippen LogP contribution is -2.05. The molecule has 0 spiro atoms. The van der Waals surface area contributed by atoms with Gasteiger partial charge in [0.15, 0.2) is 0 Å². The largest absolute Gasteiger partial charge is 0.493 e. The van der Waals surface area contributed by atoms with Crippen LogP contribution in [0.25, 0.3) is 0 Å². The van der Waals surface area contributed by atoms with E-state index in [0.717, 1.165) is 16.9 Å². The van der Waals surface area contributed by atoms with Crippen LogP contribution in [0.4, 0.5) is 0 Å². The quantitative estimate of drug-likeness (QED) is 0.881. The summed E-state index contributed by atoms with van der Waals surface area (Å²) < 4.78 is 5.63. The van der Waals surface area contributed by atoms with Crippen LogP contribution in [0.3, 0.4) is 0 Å². The first-order valence-corrected chi connectivity index (χ1v) is 6.62. The van der Waals surface area contributed by atoms with Crippen molar-refractivity contribution >= 4 is 0 Å². The van der Waals surface area contributed by atoms with Crippen molar-refractivity contribution in [3.05, 3.63) is 65.7 Å². The van der Waals surface area contributed by atoms with E-state index < -0.39 is 6.10 Å². The molecule has 2 rings (SSSR count). The van der Waals surface area contributed by atoms with E-state index in [1.165, 1.54) is 0 Å². The van der Waals surface area contributed by atoms with Crippen LogP contribution in [0.2, 0.25) is 0 Å². The predicted molar refractivity (Wildman–Crippen MR) is 77.3 cm³/mol. The molecule has 1 N–H and O–H groups in total. The van der Waals surface area contributed by atoms with Crippen molar-refractivity contribution in [1.29, 1.82) is 0 Å². The molecule has 2 aromatic carbocycles. The van der Waals surface area contributed by atoms with Crippen LogP contribution in [-0.4, -0.2) is 11.7 Å². The Morgan fingerprint density at radius 1 is 0.895 bits per heavy atom. The highest BCUT2D eigenvalue weighted by Crippen LogP contribution is 2.23. The smallest absolute Gasteiger partial charge is 0.119 e. The molecule has 19 heavy (non-hydrogen) atoms. The van der Waals surface area contributed by atoms with Crippen LogP contribution >= 0.6 is 0 Å². The molecule has 2 aromatic rings. The van der Waals surface area contributed by atoms with E-state index in [1.807, 2.05) is 54.6 Å². The van der Waals surface area contributed by atoms with E-state index in [-0.39, 0.29) is 0 Å². The fourth-order valence-corrected chi connectivity index (χ4v) is 1.84. The van der Waals surface area contributed by atoms with Gasteiger partial charge in [-0.3, -0.25) is 0 Å². The standard InChI is InChI=1S/C17H20O2/c1-13(2)12-19-16-10-8-15(9-11-16)17(18)14-6-4-3-5-7-14/h3-11,13,17-18H,12H2,1-2H3. The molecule has 0 fully saturated rings. The molecular formula is C17H20O2. The van der Waals surface area contributed by atoms with Crippen molar-refractivity contribution in [1.82, 2.24) is 0 Å². The number of rotatable bonds is 5. The van der Waals surface area contributed by atoms with Gasteiger partial charge in [-0.25, -0.2) is 0 Å². The second kappa shape index (κ2) is 6.39. The van der Waals surface area contributed by atoms with Crippen molar-refractivity contribution in [2.45, 2.75) is 20.0 Å². The minimum atomic E-state index is -0.583. The van der Waals surface area contributed by atoms with Crippen LogP contribution in [0.5, 0.6) is 5.75 Å². The van der Waals surface area contributed by atoms with Crippen LogP contribution in [0, 0.1) is 5.92 Å². The molecule has 0 radical (unpaired) electrons. The third-order valence-corrected chi connectivity index (χ3v) is 2.89. The molecule has 0 amide bonds. The van der Waals surface area contributed by atoms with Gasteiger partial charge in [0.1, 0.15) is 11.9 Å². The van der Waals surface area contributed by atoms with Crippen LogP contribution in [0.1, 0.15) is 31.1 Å². The summed E-state index contributed by atoms with van der Waals surface area (Å²) in [6, 6.07) is 17.3. The zero-order valence-corrected chi connectivity index (χ0v) is 11.4. The van der Waals surface area contributed by atoms with E-state index in [0.29, 0.717) is 12.5 Å². The van der Waals surface area contributed by atoms with Gasteiger partial charge in [-0.15, -0.1) is 0 Å². The van der Waals surface area contributed by atoms with Crippen molar-refractivity contribution in [2.24, 2.45) is 5.92 Å². The van der Waals surface area contributed by atoms with E-state index in [4.69, 9.17) is 4.74 Å². The van der Waals surface area contributed by atoms with Gasteiger partial charge in [0.2, 0.25) is 0 Å². The molecule has 0 aliphatic rings. The Hall–Kier alpha value is -1.80. The first-order valence-electron chi connectivity index (χ1n) is 6.62. The third kappa shape index (κ3) is 3.83. The van der Waals surface area contributed by atoms with Crippen LogP contribution in [0.15, 0.2) is 54.6 Å². The summed E-state index contributed by atoms with van der Waals surface area (Å²) in [6.07, 6.45) is -0.583. The number of hydrogen-bond donors (Lipinski definition) is 1. The van der Waals surface area contributed by atoms with Gasteiger partial charge in [0.05, 0.1) is 6.61 Å². The third-order valence-electron chi connectivity index (χ3n) is 2.89. The molecule has 1 unspecified atom stereocenters. The van der Waals surface area contributed by atoms with Crippen molar-refractivity contribution < 1.29 is 9.84 Å². The molecule has 0 bridgehead atoms. The van der Waals surface area contributed by atoms with E-state index in [2.05, 4.69) is 13.8 Å². The Kier molecular flexibility index (Phi) is 4.58. The fraction of sp³-hybridized carbons (Fsp3) is 0.294. The molecule has 2 heteroatoms. The summed E-state index contributed by atoms with van der Waals surface area (Å²) in [7, 11) is 0. The van der Waals surface area contributed by atoms with E-state index in [1.54, 1.807) is 0 Å². The van der Waals surface area contributed by atoms with Gasteiger partial charge in [0.25, 0.3) is 0 Å². The first kappa shape index (κ1) is 13.6. The summed E-state index contributed by atoms with van der Waals surface area (Å²) in [5.74, 6) is 1.35. The maximum atomic E-state index is 10.3. The van der Waals surface area contributed by atoms with Gasteiger partial charge >= 0.3 is 0 Å². The Morgan fingerprint density at radius 2 is 1.47 bits per heavy atom. The highest BCUT2D eigenvalue weighted by atomic mass is 16.5. The average Bonchev–Trinajstić information content (AvgIpc) is 2.46. The monoisotopic (exact) mass is 256 g/mol. The molecule has 100 valence electrons. The molecular weight excluding hydrogens is 236 g/mol. The fourth-order valence-electron chi connectivity index (χ4n) is 1.84. The summed E-state index contributed by atoms with van der Waals surface area (Å²) in [5, 5.41) is 10.3. The van der Waals surface area contributed by atoms with E-state index in [9.17, 15) is 5.11 Å². The second-order valence-corrected chi connectivity index (χ2v) is 5.09. The molecule has 0 aliphatic heterocycles. The number of benzene rings is 2. The normalized spacial score (nSPS) is 12.4. The van der Waals surface area contributed by atoms with Crippen molar-refractivity contribution in [3.63, 3.8) is 0 Å². The summed E-state index contributed by atoms with van der Waals surface area (Å²) in [6.45, 7) is 4.95. The molecule has 1 atom stereocenters. The van der Waals surface area contributed by atoms with Crippen LogP contribution in [-0.2, 0) is 0 Å². The zero-order chi connectivity index (χ0) is 13.7. The molecule has 2 nitrogen and oxygen atoms in total. The maximum Gasteiger partial charge on any atom is 0.119 e. The lowest BCUT2D eigenvalue weighted by Gasteiger charge is -2.13. The highest BCUT2D eigenvalue weighted by molar-refractivity contribution is 5.33. The molecule has 0 saturated carbocycles. The van der Waals surface area contributed by atoms with Crippen LogP contribution < -0.4 is 4.74 Å². The average molecular weight is 256 g/mol. The minimum Gasteiger partial charge on any atom is -0.493 e. The Balaban J connectivity index is 2.06. The predicted octanol–water partition coefficient (Wildman–Crippen LogP) is 3.80. The van der Waals surface area contributed by atoms with Gasteiger partial charge in [-0.1, -0.05) is 56.3 Å². The van der Waals surface area contributed by atoms with Gasteiger partial charge in [-0.05, 0) is 29.2 Å². The van der Waals surface area contributed by atoms with Gasteiger partial charge in [-0.2, -0.15) is 0 Å². The Morgan fingerprint density at radius 3 is 2.05 bits per heavy atom. The van der Waals surface area contributed by atoms with Crippen molar-refractivity contribution in [3.8, 4) is 5.75 Å². The first-order chi connectivity index (χ1) is 9.16. The Labute approximate surface area is 114 Å². The SMILES string of the molecule is CC(C)COc1ccc(C(O)c2ccccc2)cc1. The lowest BCUT2D eigenvalue weighted by molar-refractivity contribution is 0.220. The van der Waals surface area contributed by atoms with Crippen molar-refractivity contribution in [2.75, 3.05) is 6.61 Å². The topological polar surface area (TPSA) is 29.5 Å². The summed E-state index contributed by atoms with van der Waals surface area (Å²) in [5.41, 5.74) is 1.78. The highest BCUT2D eigenvalue weighted by Gasteiger charge is 2.09. The van der Waals surface area contributed by atoms with Gasteiger partial charge in [0, 0.05) is 0 Å². The second-order valence-electron chi connectivity index (χ2n) is 5.09. The zero-order valence-electron chi connectivity index (χ0n) is 11.4. The molecule has 0 aliphatic carbocycles. The summed E-state index contributed by atoms with van der Waals surface area (Å²) >= 11 is 0. The lowest BCUT2D eigenvalue weighted by atomic mass is 10.0. The number of hydrogen-bond acceptors (Lipinski definition) is 2. The number of ether oxygens (including phenoxy) is 1. The molecule has 0 saturated heterocycles. The maximum absolute atomic E-state index is 10.3. The minimum absolute atomic E-state index is 0.509. The van der Waals surface area contributed by atoms with Gasteiger partial charge < -0.3 is 9.84 Å². The Bertz CT molecular complexity index is 488. The van der Waals surface area contributed by atoms with E-state index >= 15 is 0 Å². The number of aliphatic hydroxyl groups excluding tert-OH is 1. The molecule has 0 heterocycles. The molecule has 0 aromatic heterocycles. The summed E-state index contributed by atoms with van der Waals surface area (Å²) in [4.78, 5) is 0.